The quantitative estimate of drug-likeness (QED) is 0.437. The lowest BCUT2D eigenvalue weighted by Gasteiger charge is -2.24. The Hall–Kier alpha value is -2.13. The molecular formula is C24H28O8S. The molecule has 0 spiro atoms. The van der Waals surface area contributed by atoms with Crippen LogP contribution in [0, 0.1) is 28.6 Å². The first-order valence-electron chi connectivity index (χ1n) is 11.6. The molecule has 2 bridgehead atoms. The molecule has 4 aliphatic carbocycles. The van der Waals surface area contributed by atoms with E-state index >= 15 is 0 Å². The Kier molecular flexibility index (Phi) is 4.36. The maximum absolute atomic E-state index is 12.4. The van der Waals surface area contributed by atoms with E-state index in [1.807, 2.05) is 19.1 Å². The first kappa shape index (κ1) is 21.4. The van der Waals surface area contributed by atoms with E-state index in [-0.39, 0.29) is 47.3 Å². The highest BCUT2D eigenvalue weighted by Crippen LogP contribution is 2.89. The maximum Gasteiger partial charge on any atom is 0.344 e. The first-order chi connectivity index (χ1) is 15.5. The van der Waals surface area contributed by atoms with Crippen LogP contribution in [0.5, 0.6) is 5.75 Å². The van der Waals surface area contributed by atoms with Crippen molar-refractivity contribution in [3.05, 3.63) is 29.8 Å². The molecule has 8 unspecified atom stereocenters. The molecule has 0 aromatic heterocycles. The van der Waals surface area contributed by atoms with Gasteiger partial charge in [-0.15, -0.1) is 0 Å². The Labute approximate surface area is 193 Å². The molecule has 8 atom stereocenters. The number of fused-ring (bicyclic) bond motifs is 2. The van der Waals surface area contributed by atoms with Crippen LogP contribution in [-0.4, -0.2) is 44.4 Å². The number of hydrogen-bond donors (Lipinski definition) is 0. The Balaban J connectivity index is 0.991. The van der Waals surface area contributed by atoms with Crippen LogP contribution in [0.1, 0.15) is 51.7 Å². The van der Waals surface area contributed by atoms with Crippen LogP contribution in [0.4, 0.5) is 0 Å². The summed E-state index contributed by atoms with van der Waals surface area (Å²) in [6, 6.07) is 7.06. The zero-order valence-electron chi connectivity index (χ0n) is 18.9. The molecule has 178 valence electrons. The van der Waals surface area contributed by atoms with E-state index in [0.29, 0.717) is 12.2 Å². The van der Waals surface area contributed by atoms with Gasteiger partial charge in [0, 0.05) is 11.8 Å². The van der Waals surface area contributed by atoms with Gasteiger partial charge in [0.2, 0.25) is 0 Å². The molecule has 5 aliphatic rings. The van der Waals surface area contributed by atoms with Gasteiger partial charge in [0.25, 0.3) is 10.1 Å². The van der Waals surface area contributed by atoms with E-state index in [2.05, 4.69) is 13.8 Å². The highest BCUT2D eigenvalue weighted by Gasteiger charge is 2.88. The van der Waals surface area contributed by atoms with Gasteiger partial charge in [-0.2, -0.15) is 8.42 Å². The summed E-state index contributed by atoms with van der Waals surface area (Å²) in [6.07, 6.45) is 0.853. The lowest BCUT2D eigenvalue weighted by molar-refractivity contribution is -0.158. The van der Waals surface area contributed by atoms with Crippen molar-refractivity contribution in [2.24, 2.45) is 28.6 Å². The number of hydrogen-bond acceptors (Lipinski definition) is 8. The van der Waals surface area contributed by atoms with E-state index in [1.165, 1.54) is 0 Å². The molecule has 9 heteroatoms. The number of ether oxygens (including phenoxy) is 3. The van der Waals surface area contributed by atoms with Crippen molar-refractivity contribution in [2.75, 3.05) is 6.61 Å². The van der Waals surface area contributed by atoms with Crippen LogP contribution in [0.2, 0.25) is 0 Å². The molecular weight excluding hydrogens is 448 g/mol. The zero-order valence-corrected chi connectivity index (χ0v) is 19.7. The van der Waals surface area contributed by atoms with Crippen LogP contribution in [0.25, 0.3) is 0 Å². The standard InChI is InChI=1S/C24H28O8S/c1-12(30-22(26)21-23(2)11-24(21,23)3)13-4-6-15(7-5-13)29-10-18(25)31-19-14-8-16-17(9-14)33(27,28)32-20(16)19/h4-7,12,14,16-17,19-21H,8-11H2,1-3H3. The third kappa shape index (κ3) is 3.07. The molecule has 1 aliphatic heterocycles. The second-order valence-electron chi connectivity index (χ2n) is 10.8. The molecule has 1 heterocycles. The Morgan fingerprint density at radius 1 is 1.15 bits per heavy atom. The van der Waals surface area contributed by atoms with Crippen molar-refractivity contribution in [3.63, 3.8) is 0 Å². The molecule has 4 saturated carbocycles. The van der Waals surface area contributed by atoms with E-state index < -0.39 is 33.5 Å². The zero-order chi connectivity index (χ0) is 23.3. The minimum absolute atomic E-state index is 0.0109. The smallest absolute Gasteiger partial charge is 0.344 e. The van der Waals surface area contributed by atoms with Gasteiger partial charge in [0.05, 0.1) is 11.2 Å². The Bertz CT molecular complexity index is 1120. The summed E-state index contributed by atoms with van der Waals surface area (Å²) in [4.78, 5) is 24.7. The third-order valence-electron chi connectivity index (χ3n) is 9.02. The van der Waals surface area contributed by atoms with E-state index in [9.17, 15) is 18.0 Å². The average molecular weight is 477 g/mol. The summed E-state index contributed by atoms with van der Waals surface area (Å²) in [6.45, 7) is 5.84. The number of benzene rings is 1. The van der Waals surface area contributed by atoms with Crippen molar-refractivity contribution in [1.29, 1.82) is 0 Å². The molecule has 0 N–H and O–H groups in total. The van der Waals surface area contributed by atoms with E-state index in [1.54, 1.807) is 12.1 Å². The summed E-state index contributed by atoms with van der Waals surface area (Å²) in [5.74, 6) is -0.219. The molecule has 0 amide bonds. The highest BCUT2D eigenvalue weighted by molar-refractivity contribution is 7.87. The topological polar surface area (TPSA) is 105 Å². The van der Waals surface area contributed by atoms with Crippen molar-refractivity contribution in [2.45, 2.75) is 63.6 Å². The van der Waals surface area contributed by atoms with Crippen molar-refractivity contribution < 1.29 is 36.4 Å². The monoisotopic (exact) mass is 476 g/mol. The van der Waals surface area contributed by atoms with E-state index in [0.717, 1.165) is 18.4 Å². The molecule has 6 rings (SSSR count). The largest absolute Gasteiger partial charge is 0.482 e. The highest BCUT2D eigenvalue weighted by atomic mass is 32.2. The summed E-state index contributed by atoms with van der Waals surface area (Å²) >= 11 is 0. The number of carbonyl (C=O) groups is 2. The van der Waals surface area contributed by atoms with Crippen LogP contribution in [-0.2, 0) is 33.4 Å². The van der Waals surface area contributed by atoms with Crippen LogP contribution >= 0.6 is 0 Å². The van der Waals surface area contributed by atoms with Crippen LogP contribution in [0.3, 0.4) is 0 Å². The number of carbonyl (C=O) groups excluding carboxylic acids is 2. The third-order valence-corrected chi connectivity index (χ3v) is 10.8. The SMILES string of the molecule is CC(OC(=O)C1C2(C)CC12C)c1ccc(OCC(=O)OC2C3CC4C2OS(=O)(=O)C4C3)cc1. The van der Waals surface area contributed by atoms with Crippen molar-refractivity contribution in [1.82, 2.24) is 0 Å². The predicted molar refractivity (Wildman–Crippen MR) is 114 cm³/mol. The molecule has 33 heavy (non-hydrogen) atoms. The molecule has 5 fully saturated rings. The van der Waals surface area contributed by atoms with Crippen molar-refractivity contribution >= 4 is 22.1 Å². The minimum atomic E-state index is -3.54. The molecule has 1 saturated heterocycles. The van der Waals surface area contributed by atoms with Gasteiger partial charge in [-0.3, -0.25) is 8.98 Å². The normalized spacial score (nSPS) is 43.5. The van der Waals surface area contributed by atoms with E-state index in [4.69, 9.17) is 18.4 Å². The molecule has 8 nitrogen and oxygen atoms in total. The van der Waals surface area contributed by atoms with Crippen molar-refractivity contribution in [3.8, 4) is 5.75 Å². The lowest BCUT2D eigenvalue weighted by atomic mass is 9.94. The molecule has 0 radical (unpaired) electrons. The second kappa shape index (κ2) is 6.72. The van der Waals surface area contributed by atoms with Crippen LogP contribution < -0.4 is 4.74 Å². The molecule has 1 aromatic carbocycles. The maximum atomic E-state index is 12.4. The predicted octanol–water partition coefficient (Wildman–Crippen LogP) is 2.76. The first-order valence-corrected chi connectivity index (χ1v) is 13.1. The Morgan fingerprint density at radius 3 is 2.48 bits per heavy atom. The summed E-state index contributed by atoms with van der Waals surface area (Å²) in [7, 11) is -3.54. The average Bonchev–Trinajstić information content (AvgIpc) is 3.19. The van der Waals surface area contributed by atoms with Gasteiger partial charge in [-0.1, -0.05) is 26.0 Å². The molecule has 1 aromatic rings. The fourth-order valence-electron chi connectivity index (χ4n) is 6.78. The fourth-order valence-corrected chi connectivity index (χ4v) is 8.67. The fraction of sp³-hybridized carbons (Fsp3) is 0.667. The summed E-state index contributed by atoms with van der Waals surface area (Å²) in [5.41, 5.74) is 1.11. The second-order valence-corrected chi connectivity index (χ2v) is 12.6. The van der Waals surface area contributed by atoms with Gasteiger partial charge in [-0.25, -0.2) is 4.79 Å². The minimum Gasteiger partial charge on any atom is -0.482 e. The number of rotatable bonds is 7. The summed E-state index contributed by atoms with van der Waals surface area (Å²) < 4.78 is 46.0. The van der Waals surface area contributed by atoms with Gasteiger partial charge in [0.1, 0.15) is 24.1 Å². The van der Waals surface area contributed by atoms with Gasteiger partial charge in [-0.05, 0) is 54.7 Å². The van der Waals surface area contributed by atoms with Gasteiger partial charge in [0.15, 0.2) is 6.61 Å². The van der Waals surface area contributed by atoms with Gasteiger partial charge >= 0.3 is 11.9 Å². The number of esters is 2. The lowest BCUT2D eigenvalue weighted by Crippen LogP contribution is -2.38. The van der Waals surface area contributed by atoms with Gasteiger partial charge < -0.3 is 14.2 Å². The van der Waals surface area contributed by atoms with Crippen LogP contribution in [0.15, 0.2) is 24.3 Å². The summed E-state index contributed by atoms with van der Waals surface area (Å²) in [5, 5.41) is -0.444. The Morgan fingerprint density at radius 2 is 1.85 bits per heavy atom.